The number of aromatic nitrogens is 3. The molecular formula is C19H22ClFN4O2S. The van der Waals surface area contributed by atoms with Gasteiger partial charge >= 0.3 is 0 Å². The fraction of sp³-hybridized carbons (Fsp3) is 0.421. The molecule has 1 N–H and O–H groups in total. The van der Waals surface area contributed by atoms with Crippen molar-refractivity contribution in [2.75, 3.05) is 5.75 Å². The van der Waals surface area contributed by atoms with E-state index in [4.69, 9.17) is 16.3 Å². The topological polar surface area (TPSA) is 69.0 Å². The summed E-state index contributed by atoms with van der Waals surface area (Å²) in [6.07, 6.45) is 6.18. The lowest BCUT2D eigenvalue weighted by Crippen LogP contribution is -2.33. The molecule has 2 aromatic rings. The summed E-state index contributed by atoms with van der Waals surface area (Å²) in [5.41, 5.74) is 0. The summed E-state index contributed by atoms with van der Waals surface area (Å²) in [5.74, 6) is 0.797. The Kier molecular flexibility index (Phi) is 7.33. The second kappa shape index (κ2) is 9.93. The number of ether oxygens (including phenoxy) is 1. The van der Waals surface area contributed by atoms with Crippen LogP contribution in [0.15, 0.2) is 36.0 Å². The van der Waals surface area contributed by atoms with Crippen LogP contribution >= 0.6 is 23.4 Å². The first kappa shape index (κ1) is 20.7. The summed E-state index contributed by atoms with van der Waals surface area (Å²) in [4.78, 5) is 12.1. The fourth-order valence-electron chi connectivity index (χ4n) is 3.03. The first-order chi connectivity index (χ1) is 13.6. The summed E-state index contributed by atoms with van der Waals surface area (Å²) >= 11 is 7.10. The molecule has 0 saturated heterocycles. The average molecular weight is 425 g/mol. The van der Waals surface area contributed by atoms with E-state index in [1.807, 2.05) is 4.57 Å². The van der Waals surface area contributed by atoms with Crippen molar-refractivity contribution >= 4 is 29.3 Å². The lowest BCUT2D eigenvalue weighted by atomic mass is 10.2. The SMILES string of the molecule is C=CCn1c(COc2ccc(F)c(Cl)c2)nnc1SCC(=O)NC1CCCC1. The number of carbonyl (C=O) groups excluding carboxylic acids is 1. The highest BCUT2D eigenvalue weighted by molar-refractivity contribution is 7.99. The predicted octanol–water partition coefficient (Wildman–Crippen LogP) is 3.99. The minimum Gasteiger partial charge on any atom is -0.486 e. The number of allylic oxidation sites excluding steroid dienone is 1. The molecule has 150 valence electrons. The third kappa shape index (κ3) is 5.48. The van der Waals surface area contributed by atoms with Crippen molar-refractivity contribution in [3.05, 3.63) is 47.5 Å². The van der Waals surface area contributed by atoms with Crippen LogP contribution in [0.5, 0.6) is 5.75 Å². The number of carbonyl (C=O) groups is 1. The lowest BCUT2D eigenvalue weighted by molar-refractivity contribution is -0.119. The zero-order chi connectivity index (χ0) is 19.9. The van der Waals surface area contributed by atoms with Crippen molar-refractivity contribution in [1.82, 2.24) is 20.1 Å². The summed E-state index contributed by atoms with van der Waals surface area (Å²) in [6, 6.07) is 4.45. The quantitative estimate of drug-likeness (QED) is 0.487. The van der Waals surface area contributed by atoms with Crippen LogP contribution in [0.4, 0.5) is 4.39 Å². The maximum absolute atomic E-state index is 13.2. The molecule has 1 heterocycles. The summed E-state index contributed by atoms with van der Waals surface area (Å²) in [7, 11) is 0. The van der Waals surface area contributed by atoms with E-state index in [-0.39, 0.29) is 23.3 Å². The zero-order valence-electron chi connectivity index (χ0n) is 15.4. The molecule has 3 rings (SSSR count). The standard InChI is InChI=1S/C19H22ClFN4O2S/c1-2-9-25-17(11-27-14-7-8-16(21)15(20)10-14)23-24-19(25)28-12-18(26)22-13-5-3-4-6-13/h2,7-8,10,13H,1,3-6,9,11-12H2,(H,22,26). The van der Waals surface area contributed by atoms with E-state index in [0.29, 0.717) is 29.3 Å². The number of rotatable bonds is 9. The smallest absolute Gasteiger partial charge is 0.230 e. The highest BCUT2D eigenvalue weighted by Gasteiger charge is 2.19. The monoisotopic (exact) mass is 424 g/mol. The predicted molar refractivity (Wildman–Crippen MR) is 107 cm³/mol. The number of benzene rings is 1. The van der Waals surface area contributed by atoms with Gasteiger partial charge in [-0.2, -0.15) is 0 Å². The van der Waals surface area contributed by atoms with Gasteiger partial charge in [0, 0.05) is 18.7 Å². The molecule has 1 aliphatic rings. The molecule has 6 nitrogen and oxygen atoms in total. The van der Waals surface area contributed by atoms with E-state index < -0.39 is 5.82 Å². The van der Waals surface area contributed by atoms with E-state index in [1.165, 1.54) is 42.8 Å². The Morgan fingerprint density at radius 3 is 2.93 bits per heavy atom. The van der Waals surface area contributed by atoms with E-state index in [9.17, 15) is 9.18 Å². The molecule has 0 bridgehead atoms. The number of nitrogens with one attached hydrogen (secondary N) is 1. The molecule has 0 atom stereocenters. The molecule has 1 amide bonds. The fourth-order valence-corrected chi connectivity index (χ4v) is 3.98. The van der Waals surface area contributed by atoms with Crippen LogP contribution in [0, 0.1) is 5.82 Å². The molecule has 1 fully saturated rings. The van der Waals surface area contributed by atoms with Gasteiger partial charge in [-0.3, -0.25) is 9.36 Å². The van der Waals surface area contributed by atoms with Crippen LogP contribution < -0.4 is 10.1 Å². The first-order valence-corrected chi connectivity index (χ1v) is 10.5. The molecule has 9 heteroatoms. The Morgan fingerprint density at radius 1 is 1.43 bits per heavy atom. The van der Waals surface area contributed by atoms with Crippen molar-refractivity contribution in [2.24, 2.45) is 0 Å². The Hall–Kier alpha value is -2.06. The van der Waals surface area contributed by atoms with Gasteiger partial charge in [0.15, 0.2) is 11.0 Å². The van der Waals surface area contributed by atoms with E-state index >= 15 is 0 Å². The van der Waals surface area contributed by atoms with Gasteiger partial charge < -0.3 is 10.1 Å². The first-order valence-electron chi connectivity index (χ1n) is 9.10. The lowest BCUT2D eigenvalue weighted by Gasteiger charge is -2.12. The van der Waals surface area contributed by atoms with Gasteiger partial charge in [-0.1, -0.05) is 42.3 Å². The molecule has 0 unspecified atom stereocenters. The van der Waals surface area contributed by atoms with E-state index in [1.54, 1.807) is 6.08 Å². The molecule has 1 saturated carbocycles. The highest BCUT2D eigenvalue weighted by atomic mass is 35.5. The van der Waals surface area contributed by atoms with Gasteiger partial charge in [0.1, 0.15) is 18.2 Å². The largest absolute Gasteiger partial charge is 0.486 e. The van der Waals surface area contributed by atoms with Crippen LogP contribution in [0.25, 0.3) is 0 Å². The van der Waals surface area contributed by atoms with Crippen molar-refractivity contribution < 1.29 is 13.9 Å². The maximum Gasteiger partial charge on any atom is 0.230 e. The van der Waals surface area contributed by atoms with Crippen molar-refractivity contribution in [3.63, 3.8) is 0 Å². The Labute approximate surface area is 172 Å². The molecule has 0 aliphatic heterocycles. The second-order valence-corrected chi connectivity index (χ2v) is 7.85. The number of hydrogen-bond donors (Lipinski definition) is 1. The van der Waals surface area contributed by atoms with Gasteiger partial charge in [-0.25, -0.2) is 4.39 Å². The van der Waals surface area contributed by atoms with Gasteiger partial charge in [0.2, 0.25) is 5.91 Å². The molecule has 28 heavy (non-hydrogen) atoms. The third-order valence-corrected chi connectivity index (χ3v) is 5.67. The Balaban J connectivity index is 1.59. The minimum atomic E-state index is -0.501. The summed E-state index contributed by atoms with van der Waals surface area (Å²) in [6.45, 7) is 4.38. The number of amides is 1. The molecule has 1 aliphatic carbocycles. The normalized spacial score (nSPS) is 14.2. The highest BCUT2D eigenvalue weighted by Crippen LogP contribution is 2.23. The second-order valence-electron chi connectivity index (χ2n) is 6.50. The zero-order valence-corrected chi connectivity index (χ0v) is 16.9. The van der Waals surface area contributed by atoms with Crippen LogP contribution in [-0.4, -0.2) is 32.5 Å². The molecule has 0 radical (unpaired) electrons. The van der Waals surface area contributed by atoms with Gasteiger partial charge in [0.05, 0.1) is 10.8 Å². The number of halogens is 2. The third-order valence-electron chi connectivity index (χ3n) is 4.42. The van der Waals surface area contributed by atoms with Crippen molar-refractivity contribution in [2.45, 2.75) is 50.0 Å². The number of thioether (sulfide) groups is 1. The minimum absolute atomic E-state index is 0.00353. The van der Waals surface area contributed by atoms with Crippen LogP contribution in [-0.2, 0) is 17.9 Å². The van der Waals surface area contributed by atoms with Gasteiger partial charge in [-0.15, -0.1) is 16.8 Å². The van der Waals surface area contributed by atoms with Gasteiger partial charge in [0.25, 0.3) is 0 Å². The van der Waals surface area contributed by atoms with Crippen LogP contribution in [0.3, 0.4) is 0 Å². The summed E-state index contributed by atoms with van der Waals surface area (Å²) in [5, 5.41) is 12.0. The Bertz CT molecular complexity index is 839. The van der Waals surface area contributed by atoms with E-state index in [2.05, 4.69) is 22.1 Å². The molecule has 1 aromatic carbocycles. The molecular weight excluding hydrogens is 403 g/mol. The van der Waals surface area contributed by atoms with E-state index in [0.717, 1.165) is 12.8 Å². The van der Waals surface area contributed by atoms with Gasteiger partial charge in [-0.05, 0) is 25.0 Å². The van der Waals surface area contributed by atoms with Crippen molar-refractivity contribution in [1.29, 1.82) is 0 Å². The van der Waals surface area contributed by atoms with Crippen LogP contribution in [0.1, 0.15) is 31.5 Å². The number of hydrogen-bond acceptors (Lipinski definition) is 5. The van der Waals surface area contributed by atoms with Crippen LogP contribution in [0.2, 0.25) is 5.02 Å². The average Bonchev–Trinajstić information content (AvgIpc) is 3.31. The molecule has 1 aromatic heterocycles. The summed E-state index contributed by atoms with van der Waals surface area (Å²) < 4.78 is 20.7. The number of nitrogens with zero attached hydrogens (tertiary/aromatic N) is 3. The van der Waals surface area contributed by atoms with Crippen molar-refractivity contribution in [3.8, 4) is 5.75 Å². The molecule has 0 spiro atoms. The Morgan fingerprint density at radius 2 is 2.21 bits per heavy atom. The maximum atomic E-state index is 13.2.